The zero-order valence-corrected chi connectivity index (χ0v) is 22.3. The van der Waals surface area contributed by atoms with Gasteiger partial charge in [-0.1, -0.05) is 30.3 Å². The molecule has 2 amide bonds. The van der Waals surface area contributed by atoms with Gasteiger partial charge in [0, 0.05) is 26.3 Å². The predicted octanol–water partition coefficient (Wildman–Crippen LogP) is 3.30. The first-order valence-electron chi connectivity index (χ1n) is 11.8. The SMILES string of the molecule is COCCCNC(=O)c1ccccc1NC(=O)CN(c1ccc(OC)c(OC)c1)S(=O)(=O)c1ccccc1. The number of hydrogen-bond acceptors (Lipinski definition) is 7. The van der Waals surface area contributed by atoms with Crippen molar-refractivity contribution in [3.63, 3.8) is 0 Å². The van der Waals surface area contributed by atoms with Crippen LogP contribution in [0.2, 0.25) is 0 Å². The lowest BCUT2D eigenvalue weighted by Crippen LogP contribution is -2.38. The fraction of sp³-hybridized carbons (Fsp3) is 0.259. The lowest BCUT2D eigenvalue weighted by atomic mass is 10.1. The number of hydrogen-bond donors (Lipinski definition) is 2. The van der Waals surface area contributed by atoms with E-state index in [0.717, 1.165) is 4.31 Å². The zero-order chi connectivity index (χ0) is 27.5. The van der Waals surface area contributed by atoms with Gasteiger partial charge in [-0.2, -0.15) is 0 Å². The smallest absolute Gasteiger partial charge is 0.264 e. The average molecular weight is 542 g/mol. The molecule has 3 rings (SSSR count). The van der Waals surface area contributed by atoms with Crippen molar-refractivity contribution in [2.75, 3.05) is 50.6 Å². The molecule has 0 aliphatic heterocycles. The molecule has 3 aromatic rings. The first kappa shape index (κ1) is 28.5. The van der Waals surface area contributed by atoms with E-state index in [1.807, 2.05) is 0 Å². The number of anilines is 2. The summed E-state index contributed by atoms with van der Waals surface area (Å²) in [5.74, 6) is -0.304. The summed E-state index contributed by atoms with van der Waals surface area (Å²) in [6, 6.07) is 18.9. The van der Waals surface area contributed by atoms with E-state index in [1.54, 1.807) is 55.6 Å². The molecule has 3 aromatic carbocycles. The van der Waals surface area contributed by atoms with Gasteiger partial charge in [-0.05, 0) is 42.8 Å². The number of benzene rings is 3. The van der Waals surface area contributed by atoms with Crippen molar-refractivity contribution < 1.29 is 32.2 Å². The number of rotatable bonds is 13. The maximum absolute atomic E-state index is 13.6. The largest absolute Gasteiger partial charge is 0.493 e. The number of amides is 2. The number of carbonyl (C=O) groups is 2. The van der Waals surface area contributed by atoms with E-state index in [9.17, 15) is 18.0 Å². The molecule has 2 N–H and O–H groups in total. The Morgan fingerprint density at radius 2 is 1.55 bits per heavy atom. The number of nitrogens with zero attached hydrogens (tertiary/aromatic N) is 1. The van der Waals surface area contributed by atoms with E-state index in [-0.39, 0.29) is 27.7 Å². The average Bonchev–Trinajstić information content (AvgIpc) is 2.94. The highest BCUT2D eigenvalue weighted by Crippen LogP contribution is 2.33. The minimum Gasteiger partial charge on any atom is -0.493 e. The third kappa shape index (κ3) is 7.02. The van der Waals surface area contributed by atoms with Crippen LogP contribution in [0.3, 0.4) is 0 Å². The minimum atomic E-state index is -4.14. The van der Waals surface area contributed by atoms with Gasteiger partial charge in [0.1, 0.15) is 6.54 Å². The van der Waals surface area contributed by atoms with Gasteiger partial charge in [-0.15, -0.1) is 0 Å². The summed E-state index contributed by atoms with van der Waals surface area (Å²) in [6.07, 6.45) is 0.633. The molecule has 0 saturated carbocycles. The van der Waals surface area contributed by atoms with Gasteiger partial charge in [0.05, 0.1) is 36.1 Å². The summed E-state index contributed by atoms with van der Waals surface area (Å²) in [6.45, 7) is 0.342. The van der Waals surface area contributed by atoms with Crippen LogP contribution in [0.25, 0.3) is 0 Å². The molecular formula is C27H31N3O7S. The monoisotopic (exact) mass is 541 g/mol. The van der Waals surface area contributed by atoms with Crippen molar-refractivity contribution in [3.05, 3.63) is 78.4 Å². The summed E-state index contributed by atoms with van der Waals surface area (Å²) in [5.41, 5.74) is 0.707. The first-order chi connectivity index (χ1) is 18.3. The molecule has 0 saturated heterocycles. The van der Waals surface area contributed by atoms with Crippen LogP contribution in [0.5, 0.6) is 11.5 Å². The summed E-state index contributed by atoms with van der Waals surface area (Å²) in [7, 11) is 0.333. The van der Waals surface area contributed by atoms with E-state index in [0.29, 0.717) is 31.1 Å². The maximum atomic E-state index is 13.6. The van der Waals surface area contributed by atoms with Gasteiger partial charge in [-0.25, -0.2) is 8.42 Å². The third-order valence-electron chi connectivity index (χ3n) is 5.53. The molecule has 0 radical (unpaired) electrons. The predicted molar refractivity (Wildman–Crippen MR) is 144 cm³/mol. The lowest BCUT2D eigenvalue weighted by molar-refractivity contribution is -0.114. The van der Waals surface area contributed by atoms with Crippen molar-refractivity contribution in [3.8, 4) is 11.5 Å². The van der Waals surface area contributed by atoms with Crippen LogP contribution < -0.4 is 24.4 Å². The molecule has 0 aliphatic carbocycles. The van der Waals surface area contributed by atoms with E-state index < -0.39 is 22.5 Å². The Morgan fingerprint density at radius 1 is 0.868 bits per heavy atom. The molecule has 0 spiro atoms. The van der Waals surface area contributed by atoms with Gasteiger partial charge >= 0.3 is 0 Å². The summed E-state index contributed by atoms with van der Waals surface area (Å²) < 4.78 is 43.8. The van der Waals surface area contributed by atoms with Gasteiger partial charge in [0.2, 0.25) is 5.91 Å². The maximum Gasteiger partial charge on any atom is 0.264 e. The third-order valence-corrected chi connectivity index (χ3v) is 7.32. The second kappa shape index (κ2) is 13.5. The molecule has 0 heterocycles. The van der Waals surface area contributed by atoms with Crippen molar-refractivity contribution in [2.45, 2.75) is 11.3 Å². The Bertz CT molecular complexity index is 1350. The minimum absolute atomic E-state index is 0.0124. The number of methoxy groups -OCH3 is 3. The summed E-state index contributed by atoms with van der Waals surface area (Å²) >= 11 is 0. The van der Waals surface area contributed by atoms with Crippen molar-refractivity contribution in [1.29, 1.82) is 0 Å². The van der Waals surface area contributed by atoms with Gasteiger partial charge in [0.15, 0.2) is 11.5 Å². The second-order valence-corrected chi connectivity index (χ2v) is 9.92. The fourth-order valence-corrected chi connectivity index (χ4v) is 5.07. The van der Waals surface area contributed by atoms with E-state index in [1.165, 1.54) is 38.5 Å². The molecule has 38 heavy (non-hydrogen) atoms. The zero-order valence-electron chi connectivity index (χ0n) is 21.5. The van der Waals surface area contributed by atoms with E-state index >= 15 is 0 Å². The molecule has 0 fully saturated rings. The first-order valence-corrected chi connectivity index (χ1v) is 13.2. The molecule has 0 bridgehead atoms. The standard InChI is InChI=1S/C27H31N3O7S/c1-35-17-9-16-28-27(32)22-12-7-8-13-23(22)29-26(31)19-30(38(33,34)21-10-5-4-6-11-21)20-14-15-24(36-2)25(18-20)37-3/h4-8,10-15,18H,9,16-17,19H2,1-3H3,(H,28,32)(H,29,31). The van der Waals surface area contributed by atoms with Crippen molar-refractivity contribution in [2.24, 2.45) is 0 Å². The normalized spacial score (nSPS) is 10.9. The Kier molecular flexibility index (Phi) is 10.1. The van der Waals surface area contributed by atoms with Crippen LogP contribution in [0.1, 0.15) is 16.8 Å². The lowest BCUT2D eigenvalue weighted by Gasteiger charge is -2.25. The van der Waals surface area contributed by atoms with Crippen LogP contribution in [-0.2, 0) is 19.6 Å². The molecule has 11 heteroatoms. The van der Waals surface area contributed by atoms with Crippen LogP contribution in [-0.4, -0.2) is 61.3 Å². The number of para-hydroxylation sites is 1. The van der Waals surface area contributed by atoms with E-state index in [4.69, 9.17) is 14.2 Å². The number of nitrogens with one attached hydrogen (secondary N) is 2. The fourth-order valence-electron chi connectivity index (χ4n) is 3.64. The number of carbonyl (C=O) groups excluding carboxylic acids is 2. The Labute approximate surface area is 222 Å². The van der Waals surface area contributed by atoms with Crippen LogP contribution >= 0.6 is 0 Å². The van der Waals surface area contributed by atoms with Gasteiger partial charge in [-0.3, -0.25) is 13.9 Å². The Balaban J connectivity index is 1.90. The number of sulfonamides is 1. The number of ether oxygens (including phenoxy) is 3. The summed E-state index contributed by atoms with van der Waals surface area (Å²) in [4.78, 5) is 25.9. The van der Waals surface area contributed by atoms with Crippen molar-refractivity contribution in [1.82, 2.24) is 5.32 Å². The molecular weight excluding hydrogens is 510 g/mol. The topological polar surface area (TPSA) is 123 Å². The Morgan fingerprint density at radius 3 is 2.24 bits per heavy atom. The quantitative estimate of drug-likeness (QED) is 0.318. The molecule has 0 aliphatic rings. The van der Waals surface area contributed by atoms with E-state index in [2.05, 4.69) is 10.6 Å². The van der Waals surface area contributed by atoms with Gasteiger partial charge in [0.25, 0.3) is 15.9 Å². The molecule has 10 nitrogen and oxygen atoms in total. The highest BCUT2D eigenvalue weighted by atomic mass is 32.2. The van der Waals surface area contributed by atoms with Crippen molar-refractivity contribution >= 4 is 33.2 Å². The molecule has 0 unspecified atom stereocenters. The molecule has 0 atom stereocenters. The second-order valence-electron chi connectivity index (χ2n) is 8.06. The van der Waals surface area contributed by atoms with Crippen LogP contribution in [0, 0.1) is 0 Å². The molecule has 0 aromatic heterocycles. The van der Waals surface area contributed by atoms with Gasteiger partial charge < -0.3 is 24.8 Å². The summed E-state index contributed by atoms with van der Waals surface area (Å²) in [5, 5.41) is 5.46. The van der Waals surface area contributed by atoms with Crippen LogP contribution in [0.4, 0.5) is 11.4 Å². The Hall–Kier alpha value is -4.09. The highest BCUT2D eigenvalue weighted by Gasteiger charge is 2.28. The highest BCUT2D eigenvalue weighted by molar-refractivity contribution is 7.92. The molecule has 202 valence electrons. The van der Waals surface area contributed by atoms with Crippen LogP contribution in [0.15, 0.2) is 77.7 Å².